The molecule has 0 saturated heterocycles. The second-order valence-electron chi connectivity index (χ2n) is 4.99. The summed E-state index contributed by atoms with van der Waals surface area (Å²) < 4.78 is 0. The second-order valence-corrected chi connectivity index (χ2v) is 4.99. The number of urea groups is 1. The number of carbonyl (C=O) groups is 2. The van der Waals surface area contributed by atoms with E-state index in [0.29, 0.717) is 12.1 Å². The van der Waals surface area contributed by atoms with Crippen LogP contribution in [0.4, 0.5) is 21.9 Å². The van der Waals surface area contributed by atoms with E-state index in [1.165, 1.54) is 0 Å². The standard InChI is InChI=1S/C16H15N3O2/c1-10-4-2-3-5-13(10)19-16(21)17-12-6-7-14-11(8-12)9-15(20)18-14/h2-8H,9H2,1H3,(H,18,20)(H2,17,19,21). The van der Waals surface area contributed by atoms with E-state index >= 15 is 0 Å². The van der Waals surface area contributed by atoms with Crippen LogP contribution < -0.4 is 16.0 Å². The summed E-state index contributed by atoms with van der Waals surface area (Å²) in [4.78, 5) is 23.3. The third-order valence-corrected chi connectivity index (χ3v) is 3.38. The lowest BCUT2D eigenvalue weighted by molar-refractivity contribution is -0.115. The van der Waals surface area contributed by atoms with E-state index in [-0.39, 0.29) is 11.9 Å². The largest absolute Gasteiger partial charge is 0.326 e. The van der Waals surface area contributed by atoms with Gasteiger partial charge in [-0.1, -0.05) is 18.2 Å². The number of amides is 3. The Morgan fingerprint density at radius 1 is 1.14 bits per heavy atom. The smallest absolute Gasteiger partial charge is 0.323 e. The van der Waals surface area contributed by atoms with Crippen molar-refractivity contribution >= 4 is 29.0 Å². The van der Waals surface area contributed by atoms with Crippen molar-refractivity contribution in [1.29, 1.82) is 0 Å². The van der Waals surface area contributed by atoms with Crippen molar-refractivity contribution in [2.45, 2.75) is 13.3 Å². The Hall–Kier alpha value is -2.82. The van der Waals surface area contributed by atoms with Gasteiger partial charge in [0.05, 0.1) is 6.42 Å². The molecule has 2 aromatic rings. The number of hydrogen-bond acceptors (Lipinski definition) is 2. The maximum Gasteiger partial charge on any atom is 0.323 e. The molecule has 3 rings (SSSR count). The lowest BCUT2D eigenvalue weighted by Crippen LogP contribution is -2.19. The lowest BCUT2D eigenvalue weighted by Gasteiger charge is -2.10. The third-order valence-electron chi connectivity index (χ3n) is 3.38. The summed E-state index contributed by atoms with van der Waals surface area (Å²) in [5.41, 5.74) is 4.14. The number of carbonyl (C=O) groups excluding carboxylic acids is 2. The van der Waals surface area contributed by atoms with Gasteiger partial charge in [0, 0.05) is 17.1 Å². The Kier molecular flexibility index (Phi) is 3.31. The Balaban J connectivity index is 1.70. The molecule has 0 saturated carbocycles. The van der Waals surface area contributed by atoms with Gasteiger partial charge in [-0.05, 0) is 42.3 Å². The van der Waals surface area contributed by atoms with Crippen LogP contribution in [-0.4, -0.2) is 11.9 Å². The van der Waals surface area contributed by atoms with Gasteiger partial charge in [-0.3, -0.25) is 4.79 Å². The van der Waals surface area contributed by atoms with Gasteiger partial charge in [-0.15, -0.1) is 0 Å². The van der Waals surface area contributed by atoms with Gasteiger partial charge in [-0.25, -0.2) is 4.79 Å². The molecule has 0 fully saturated rings. The molecule has 1 heterocycles. The number of fused-ring (bicyclic) bond motifs is 1. The molecule has 0 spiro atoms. The van der Waals surface area contributed by atoms with Crippen LogP contribution in [0, 0.1) is 6.92 Å². The van der Waals surface area contributed by atoms with E-state index in [2.05, 4.69) is 16.0 Å². The fraction of sp³-hybridized carbons (Fsp3) is 0.125. The molecule has 3 N–H and O–H groups in total. The minimum atomic E-state index is -0.304. The number of anilines is 3. The molecule has 0 aromatic heterocycles. The fourth-order valence-corrected chi connectivity index (χ4v) is 2.30. The third kappa shape index (κ3) is 2.86. The molecule has 0 unspecified atom stereocenters. The van der Waals surface area contributed by atoms with Crippen LogP contribution in [0.25, 0.3) is 0 Å². The molecule has 1 aliphatic rings. The summed E-state index contributed by atoms with van der Waals surface area (Å²) in [5.74, 6) is -0.0217. The Morgan fingerprint density at radius 3 is 2.76 bits per heavy atom. The molecule has 0 atom stereocenters. The van der Waals surface area contributed by atoms with Crippen LogP contribution in [0.2, 0.25) is 0 Å². The zero-order valence-electron chi connectivity index (χ0n) is 11.6. The highest BCUT2D eigenvalue weighted by molar-refractivity contribution is 6.02. The van der Waals surface area contributed by atoms with Crippen molar-refractivity contribution in [3.05, 3.63) is 53.6 Å². The summed E-state index contributed by atoms with van der Waals surface area (Å²) in [7, 11) is 0. The van der Waals surface area contributed by atoms with E-state index in [1.807, 2.05) is 37.3 Å². The highest BCUT2D eigenvalue weighted by atomic mass is 16.2. The van der Waals surface area contributed by atoms with E-state index in [0.717, 1.165) is 22.5 Å². The van der Waals surface area contributed by atoms with Gasteiger partial charge in [0.2, 0.25) is 5.91 Å². The second kappa shape index (κ2) is 5.28. The molecule has 3 amide bonds. The van der Waals surface area contributed by atoms with Crippen molar-refractivity contribution < 1.29 is 9.59 Å². The Morgan fingerprint density at radius 2 is 1.95 bits per heavy atom. The molecule has 5 nitrogen and oxygen atoms in total. The summed E-state index contributed by atoms with van der Waals surface area (Å²) >= 11 is 0. The van der Waals surface area contributed by atoms with Crippen molar-refractivity contribution in [2.24, 2.45) is 0 Å². The van der Waals surface area contributed by atoms with Gasteiger partial charge < -0.3 is 16.0 Å². The molecule has 21 heavy (non-hydrogen) atoms. The quantitative estimate of drug-likeness (QED) is 0.791. The molecule has 0 radical (unpaired) electrons. The first kappa shape index (κ1) is 13.2. The summed E-state index contributed by atoms with van der Waals surface area (Å²) in [6.45, 7) is 1.93. The first-order valence-electron chi connectivity index (χ1n) is 6.68. The fourth-order valence-electron chi connectivity index (χ4n) is 2.30. The predicted molar refractivity (Wildman–Crippen MR) is 82.6 cm³/mol. The molecule has 106 valence electrons. The number of rotatable bonds is 2. The van der Waals surface area contributed by atoms with Gasteiger partial charge in [0.25, 0.3) is 0 Å². The van der Waals surface area contributed by atoms with E-state index in [1.54, 1.807) is 12.1 Å². The number of nitrogens with one attached hydrogen (secondary N) is 3. The monoisotopic (exact) mass is 281 g/mol. The number of benzene rings is 2. The van der Waals surface area contributed by atoms with Crippen LogP contribution in [0.1, 0.15) is 11.1 Å². The minimum absolute atomic E-state index is 0.0217. The van der Waals surface area contributed by atoms with Crippen LogP contribution in [0.5, 0.6) is 0 Å². The van der Waals surface area contributed by atoms with Crippen LogP contribution >= 0.6 is 0 Å². The highest BCUT2D eigenvalue weighted by Crippen LogP contribution is 2.26. The summed E-state index contributed by atoms with van der Waals surface area (Å²) in [5, 5.41) is 8.33. The van der Waals surface area contributed by atoms with E-state index in [4.69, 9.17) is 0 Å². The topological polar surface area (TPSA) is 70.2 Å². The average Bonchev–Trinajstić information content (AvgIpc) is 2.80. The van der Waals surface area contributed by atoms with Crippen molar-refractivity contribution in [2.75, 3.05) is 16.0 Å². The average molecular weight is 281 g/mol. The highest BCUT2D eigenvalue weighted by Gasteiger charge is 2.17. The lowest BCUT2D eigenvalue weighted by atomic mass is 10.1. The molecule has 0 aliphatic carbocycles. The van der Waals surface area contributed by atoms with Gasteiger partial charge >= 0.3 is 6.03 Å². The molecule has 1 aliphatic heterocycles. The number of aryl methyl sites for hydroxylation is 1. The van der Waals surface area contributed by atoms with Gasteiger partial charge in [0.15, 0.2) is 0 Å². The van der Waals surface area contributed by atoms with Crippen LogP contribution in [0.15, 0.2) is 42.5 Å². The Labute approximate surface area is 122 Å². The first-order valence-corrected chi connectivity index (χ1v) is 6.68. The number of hydrogen-bond donors (Lipinski definition) is 3. The zero-order chi connectivity index (χ0) is 14.8. The first-order chi connectivity index (χ1) is 10.1. The minimum Gasteiger partial charge on any atom is -0.326 e. The van der Waals surface area contributed by atoms with Gasteiger partial charge in [-0.2, -0.15) is 0 Å². The van der Waals surface area contributed by atoms with Crippen molar-refractivity contribution in [3.63, 3.8) is 0 Å². The maximum atomic E-state index is 12.0. The van der Waals surface area contributed by atoms with Crippen LogP contribution in [0.3, 0.4) is 0 Å². The van der Waals surface area contributed by atoms with E-state index in [9.17, 15) is 9.59 Å². The van der Waals surface area contributed by atoms with E-state index < -0.39 is 0 Å². The van der Waals surface area contributed by atoms with Crippen molar-refractivity contribution in [3.8, 4) is 0 Å². The van der Waals surface area contributed by atoms with Gasteiger partial charge in [0.1, 0.15) is 0 Å². The Bertz CT molecular complexity index is 725. The maximum absolute atomic E-state index is 12.0. The summed E-state index contributed by atoms with van der Waals surface area (Å²) in [6, 6.07) is 12.6. The molecule has 5 heteroatoms. The van der Waals surface area contributed by atoms with Crippen LogP contribution in [-0.2, 0) is 11.2 Å². The SMILES string of the molecule is Cc1ccccc1NC(=O)Nc1ccc2c(c1)CC(=O)N2. The molecular weight excluding hydrogens is 266 g/mol. The molecule has 0 bridgehead atoms. The van der Waals surface area contributed by atoms with Crippen molar-refractivity contribution in [1.82, 2.24) is 0 Å². The number of para-hydroxylation sites is 1. The normalized spacial score (nSPS) is 12.5. The predicted octanol–water partition coefficient (Wildman–Crippen LogP) is 3.13. The molecular formula is C16H15N3O2. The summed E-state index contributed by atoms with van der Waals surface area (Å²) in [6.07, 6.45) is 0.351. The zero-order valence-corrected chi connectivity index (χ0v) is 11.6. The molecule has 2 aromatic carbocycles.